The molecule has 1 aromatic carbocycles. The number of nitrogens with zero attached hydrogens (tertiary/aromatic N) is 1. The van der Waals surface area contributed by atoms with Gasteiger partial charge in [-0.05, 0) is 39.3 Å². The first-order chi connectivity index (χ1) is 9.65. The minimum absolute atomic E-state index is 0.0186. The highest BCUT2D eigenvalue weighted by molar-refractivity contribution is 8.16. The van der Waals surface area contributed by atoms with Gasteiger partial charge in [-0.1, -0.05) is 41.6 Å². The Labute approximate surface area is 134 Å². The molecule has 3 nitrogen and oxygen atoms in total. The van der Waals surface area contributed by atoms with Crippen LogP contribution >= 0.6 is 23.4 Å². The van der Waals surface area contributed by atoms with Gasteiger partial charge in [0.05, 0.1) is 23.1 Å². The summed E-state index contributed by atoms with van der Waals surface area (Å²) in [4.78, 5) is 16.9. The summed E-state index contributed by atoms with van der Waals surface area (Å²) in [5, 5.41) is 11.7. The van der Waals surface area contributed by atoms with Crippen LogP contribution in [0.5, 0.6) is 0 Å². The maximum Gasteiger partial charge on any atom is 0.158 e. The molecule has 1 aliphatic rings. The summed E-state index contributed by atoms with van der Waals surface area (Å²) in [6, 6.07) is 7.46. The molecule has 2 rings (SSSR count). The molecule has 0 aromatic heterocycles. The van der Waals surface area contributed by atoms with Crippen LogP contribution in [0.25, 0.3) is 0 Å². The minimum atomic E-state index is -1.08. The quantitative estimate of drug-likeness (QED) is 0.912. The van der Waals surface area contributed by atoms with Crippen molar-refractivity contribution in [1.29, 1.82) is 0 Å². The molecule has 2 atom stereocenters. The fourth-order valence-corrected chi connectivity index (χ4v) is 3.89. The van der Waals surface area contributed by atoms with Crippen molar-refractivity contribution in [1.82, 2.24) is 0 Å². The normalized spacial score (nSPS) is 26.4. The first-order valence-electron chi connectivity index (χ1n) is 6.91. The highest BCUT2D eigenvalue weighted by atomic mass is 35.5. The van der Waals surface area contributed by atoms with E-state index in [9.17, 15) is 9.90 Å². The third kappa shape index (κ3) is 3.17. The Kier molecular flexibility index (Phi) is 4.52. The van der Waals surface area contributed by atoms with Crippen LogP contribution in [0.1, 0.15) is 45.7 Å². The topological polar surface area (TPSA) is 49.7 Å². The molecule has 0 unspecified atom stereocenters. The number of thioether (sulfide) groups is 1. The zero-order valence-electron chi connectivity index (χ0n) is 12.7. The summed E-state index contributed by atoms with van der Waals surface area (Å²) in [6.07, 6.45) is 0.278. The van der Waals surface area contributed by atoms with Crippen LogP contribution in [0.3, 0.4) is 0 Å². The van der Waals surface area contributed by atoms with Crippen molar-refractivity contribution in [3.8, 4) is 0 Å². The molecule has 0 bridgehead atoms. The van der Waals surface area contributed by atoms with Crippen LogP contribution < -0.4 is 0 Å². The summed E-state index contributed by atoms with van der Waals surface area (Å²) in [5.74, 6) is 0.0186. The number of halogens is 1. The SMILES string of the molecule is C[C@H](N=C1CC(=O)[C@](C)(C(C)(C)O)S1)c1ccccc1Cl. The Bertz CT molecular complexity index is 594. The lowest BCUT2D eigenvalue weighted by Gasteiger charge is -2.33. The van der Waals surface area contributed by atoms with Crippen molar-refractivity contribution in [2.24, 2.45) is 4.99 Å². The Hall–Kier alpha value is -0.840. The minimum Gasteiger partial charge on any atom is -0.389 e. The zero-order valence-corrected chi connectivity index (χ0v) is 14.3. The van der Waals surface area contributed by atoms with E-state index < -0.39 is 10.3 Å². The van der Waals surface area contributed by atoms with Gasteiger partial charge in [-0.3, -0.25) is 9.79 Å². The van der Waals surface area contributed by atoms with E-state index in [1.807, 2.05) is 31.2 Å². The van der Waals surface area contributed by atoms with Crippen molar-refractivity contribution in [3.63, 3.8) is 0 Å². The lowest BCUT2D eigenvalue weighted by Crippen LogP contribution is -2.48. The molecule has 21 heavy (non-hydrogen) atoms. The largest absolute Gasteiger partial charge is 0.389 e. The van der Waals surface area contributed by atoms with E-state index >= 15 is 0 Å². The molecular weight excluding hydrogens is 306 g/mol. The molecule has 0 amide bonds. The number of ketones is 1. The summed E-state index contributed by atoms with van der Waals surface area (Å²) >= 11 is 7.54. The number of rotatable bonds is 3. The van der Waals surface area contributed by atoms with E-state index in [1.165, 1.54) is 11.8 Å². The second-order valence-electron chi connectivity index (χ2n) is 6.01. The average molecular weight is 326 g/mol. The maximum absolute atomic E-state index is 12.3. The Morgan fingerprint density at radius 2 is 2.05 bits per heavy atom. The van der Waals surface area contributed by atoms with E-state index in [4.69, 9.17) is 11.6 Å². The lowest BCUT2D eigenvalue weighted by molar-refractivity contribution is -0.124. The van der Waals surface area contributed by atoms with Gasteiger partial charge in [0.15, 0.2) is 5.78 Å². The third-order valence-electron chi connectivity index (χ3n) is 4.03. The lowest BCUT2D eigenvalue weighted by atomic mass is 9.87. The van der Waals surface area contributed by atoms with Gasteiger partial charge < -0.3 is 5.11 Å². The molecule has 1 aliphatic heterocycles. The molecule has 1 N–H and O–H groups in total. The van der Waals surface area contributed by atoms with Crippen molar-refractivity contribution in [2.75, 3.05) is 0 Å². The molecule has 1 aromatic rings. The number of Topliss-reactive ketones (excluding diaryl/α,β-unsaturated/α-hetero) is 1. The molecule has 1 fully saturated rings. The van der Waals surface area contributed by atoms with Crippen molar-refractivity contribution in [3.05, 3.63) is 34.9 Å². The second-order valence-corrected chi connectivity index (χ2v) is 7.91. The van der Waals surface area contributed by atoms with E-state index in [0.717, 1.165) is 10.6 Å². The van der Waals surface area contributed by atoms with Gasteiger partial charge >= 0.3 is 0 Å². The van der Waals surface area contributed by atoms with Crippen molar-refractivity contribution >= 4 is 34.2 Å². The number of hydrogen-bond donors (Lipinski definition) is 1. The number of carbonyl (C=O) groups excluding carboxylic acids is 1. The zero-order chi connectivity index (χ0) is 15.8. The van der Waals surface area contributed by atoms with E-state index in [2.05, 4.69) is 4.99 Å². The van der Waals surface area contributed by atoms with Crippen LogP contribution in [-0.2, 0) is 4.79 Å². The molecule has 1 saturated heterocycles. The smallest absolute Gasteiger partial charge is 0.158 e. The molecular formula is C16H20ClNO2S. The van der Waals surface area contributed by atoms with Gasteiger partial charge in [-0.15, -0.1) is 0 Å². The van der Waals surface area contributed by atoms with Crippen LogP contribution in [0.2, 0.25) is 5.02 Å². The predicted molar refractivity (Wildman–Crippen MR) is 89.2 cm³/mol. The first-order valence-corrected chi connectivity index (χ1v) is 8.10. The van der Waals surface area contributed by atoms with Crippen LogP contribution in [0, 0.1) is 0 Å². The van der Waals surface area contributed by atoms with Gasteiger partial charge in [-0.2, -0.15) is 0 Å². The van der Waals surface area contributed by atoms with E-state index in [0.29, 0.717) is 5.02 Å². The molecule has 0 aliphatic carbocycles. The fourth-order valence-electron chi connectivity index (χ4n) is 2.27. The highest BCUT2D eigenvalue weighted by Crippen LogP contribution is 2.45. The molecule has 0 spiro atoms. The molecule has 1 heterocycles. The number of carbonyl (C=O) groups is 1. The molecule has 5 heteroatoms. The molecule has 0 radical (unpaired) electrons. The Morgan fingerprint density at radius 3 is 2.57 bits per heavy atom. The van der Waals surface area contributed by atoms with Gasteiger partial charge in [0.1, 0.15) is 4.75 Å². The third-order valence-corrected chi connectivity index (χ3v) is 5.99. The average Bonchev–Trinajstić information content (AvgIpc) is 2.65. The number of benzene rings is 1. The Morgan fingerprint density at radius 1 is 1.43 bits per heavy atom. The van der Waals surface area contributed by atoms with Crippen molar-refractivity contribution < 1.29 is 9.90 Å². The van der Waals surface area contributed by atoms with Crippen LogP contribution in [-0.4, -0.2) is 26.3 Å². The monoisotopic (exact) mass is 325 g/mol. The van der Waals surface area contributed by atoms with E-state index in [1.54, 1.807) is 20.8 Å². The summed E-state index contributed by atoms with van der Waals surface area (Å²) in [6.45, 7) is 7.07. The standard InChI is InChI=1S/C16H20ClNO2S/c1-10(11-7-5-6-8-12(11)17)18-14-9-13(19)16(4,21-14)15(2,3)20/h5-8,10,20H,9H2,1-4H3/t10-,16+/m0/s1. The fraction of sp³-hybridized carbons (Fsp3) is 0.500. The summed E-state index contributed by atoms with van der Waals surface area (Å²) in [5.41, 5.74) is -0.142. The predicted octanol–water partition coefficient (Wildman–Crippen LogP) is 4.04. The van der Waals surface area contributed by atoms with Gasteiger partial charge in [0.2, 0.25) is 0 Å². The van der Waals surface area contributed by atoms with Gasteiger partial charge in [0.25, 0.3) is 0 Å². The molecule has 0 saturated carbocycles. The summed E-state index contributed by atoms with van der Waals surface area (Å²) < 4.78 is -0.841. The van der Waals surface area contributed by atoms with E-state index in [-0.39, 0.29) is 18.2 Å². The Balaban J connectivity index is 2.25. The van der Waals surface area contributed by atoms with Gasteiger partial charge in [-0.25, -0.2) is 0 Å². The maximum atomic E-state index is 12.3. The second kappa shape index (κ2) is 5.75. The summed E-state index contributed by atoms with van der Waals surface area (Å²) in [7, 11) is 0. The number of hydrogen-bond acceptors (Lipinski definition) is 4. The highest BCUT2D eigenvalue weighted by Gasteiger charge is 2.52. The van der Waals surface area contributed by atoms with Crippen molar-refractivity contribution in [2.45, 2.75) is 50.5 Å². The van der Waals surface area contributed by atoms with Gasteiger partial charge in [0, 0.05) is 5.02 Å². The molecule has 114 valence electrons. The first kappa shape index (κ1) is 16.5. The number of aliphatic hydroxyl groups is 1. The number of aliphatic imine (C=N–C) groups is 1. The van der Waals surface area contributed by atoms with Crippen LogP contribution in [0.4, 0.5) is 0 Å². The van der Waals surface area contributed by atoms with Crippen LogP contribution in [0.15, 0.2) is 29.3 Å².